The molecule has 0 radical (unpaired) electrons. The van der Waals surface area contributed by atoms with Crippen molar-refractivity contribution in [2.24, 2.45) is 0 Å². The van der Waals surface area contributed by atoms with Crippen LogP contribution in [0.5, 0.6) is 0 Å². The minimum atomic E-state index is -0.249. The maximum Gasteiger partial charge on any atom is 0.166 e. The van der Waals surface area contributed by atoms with Gasteiger partial charge in [-0.15, -0.1) is 11.3 Å². The summed E-state index contributed by atoms with van der Waals surface area (Å²) in [4.78, 5) is 13.6. The molecule has 6 heteroatoms. The molecule has 26 heavy (non-hydrogen) atoms. The highest BCUT2D eigenvalue weighted by molar-refractivity contribution is 7.98. The molecule has 0 saturated carbocycles. The molecule has 130 valence electrons. The Morgan fingerprint density at radius 2 is 1.81 bits per heavy atom. The topological polar surface area (TPSA) is 41.6 Å². The molecular formula is C20H16FN3S2. The minimum Gasteiger partial charge on any atom is -0.332 e. The van der Waals surface area contributed by atoms with Gasteiger partial charge in [-0.05, 0) is 60.3 Å². The Kier molecular flexibility index (Phi) is 4.86. The van der Waals surface area contributed by atoms with Gasteiger partial charge >= 0.3 is 0 Å². The number of aryl methyl sites for hydroxylation is 1. The fourth-order valence-corrected chi connectivity index (χ4v) is 4.61. The van der Waals surface area contributed by atoms with Crippen molar-refractivity contribution in [1.82, 2.24) is 15.0 Å². The standard InChI is InChI=1S/C20H16FN3S2/c1-13-8-11-25-17(13)12-26-20-23-18(14-2-4-16(21)5-3-14)19(24-20)15-6-9-22-10-7-15/h2-11H,12H2,1H3,(H,23,24). The van der Waals surface area contributed by atoms with E-state index in [1.807, 2.05) is 12.1 Å². The van der Waals surface area contributed by atoms with Crippen molar-refractivity contribution in [2.45, 2.75) is 17.8 Å². The average Bonchev–Trinajstić information content (AvgIpc) is 3.27. The van der Waals surface area contributed by atoms with E-state index in [2.05, 4.69) is 28.3 Å². The van der Waals surface area contributed by atoms with Crippen molar-refractivity contribution >= 4 is 23.1 Å². The molecule has 0 fully saturated rings. The molecule has 0 saturated heterocycles. The molecule has 4 rings (SSSR count). The first kappa shape index (κ1) is 17.0. The number of aromatic nitrogens is 3. The number of hydrogen-bond donors (Lipinski definition) is 1. The van der Waals surface area contributed by atoms with Crippen molar-refractivity contribution in [3.05, 3.63) is 76.5 Å². The van der Waals surface area contributed by atoms with E-state index in [0.717, 1.165) is 33.4 Å². The molecule has 0 atom stereocenters. The van der Waals surface area contributed by atoms with E-state index < -0.39 is 0 Å². The zero-order valence-corrected chi connectivity index (χ0v) is 15.7. The molecule has 0 aliphatic rings. The van der Waals surface area contributed by atoms with Gasteiger partial charge in [0, 0.05) is 34.2 Å². The predicted octanol–water partition coefficient (Wildman–Crippen LogP) is 5.94. The van der Waals surface area contributed by atoms with Crippen LogP contribution in [0.3, 0.4) is 0 Å². The second-order valence-electron chi connectivity index (χ2n) is 5.82. The molecule has 3 heterocycles. The van der Waals surface area contributed by atoms with Crippen molar-refractivity contribution in [2.75, 3.05) is 0 Å². The lowest BCUT2D eigenvalue weighted by Crippen LogP contribution is -1.84. The third kappa shape index (κ3) is 3.57. The number of thiophene rings is 1. The Hall–Kier alpha value is -2.44. The van der Waals surface area contributed by atoms with E-state index in [1.165, 1.54) is 22.6 Å². The SMILES string of the molecule is Cc1ccsc1CSc1nc(-c2ccncc2)c(-c2ccc(F)cc2)[nH]1. The van der Waals surface area contributed by atoms with Crippen LogP contribution < -0.4 is 0 Å². The summed E-state index contributed by atoms with van der Waals surface area (Å²) in [6, 6.07) is 12.5. The van der Waals surface area contributed by atoms with Crippen LogP contribution in [-0.2, 0) is 5.75 Å². The number of nitrogens with zero attached hydrogens (tertiary/aromatic N) is 2. The van der Waals surface area contributed by atoms with Gasteiger partial charge in [-0.2, -0.15) is 0 Å². The van der Waals surface area contributed by atoms with Crippen LogP contribution in [0.1, 0.15) is 10.4 Å². The van der Waals surface area contributed by atoms with Gasteiger partial charge in [-0.1, -0.05) is 11.8 Å². The van der Waals surface area contributed by atoms with Crippen LogP contribution >= 0.6 is 23.1 Å². The number of thioether (sulfide) groups is 1. The number of hydrogen-bond acceptors (Lipinski definition) is 4. The van der Waals surface area contributed by atoms with Crippen molar-refractivity contribution in [3.63, 3.8) is 0 Å². The molecular weight excluding hydrogens is 365 g/mol. The quantitative estimate of drug-likeness (QED) is 0.435. The number of rotatable bonds is 5. The Labute approximate surface area is 159 Å². The van der Waals surface area contributed by atoms with Gasteiger partial charge in [-0.3, -0.25) is 4.98 Å². The predicted molar refractivity (Wildman–Crippen MR) is 106 cm³/mol. The molecule has 0 amide bonds. The number of benzene rings is 1. The largest absolute Gasteiger partial charge is 0.332 e. The number of nitrogens with one attached hydrogen (secondary N) is 1. The average molecular weight is 382 g/mol. The highest BCUT2D eigenvalue weighted by Gasteiger charge is 2.15. The maximum atomic E-state index is 13.3. The lowest BCUT2D eigenvalue weighted by Gasteiger charge is -2.02. The van der Waals surface area contributed by atoms with Crippen LogP contribution in [-0.4, -0.2) is 15.0 Å². The summed E-state index contributed by atoms with van der Waals surface area (Å²) in [7, 11) is 0. The number of H-pyrrole nitrogens is 1. The monoisotopic (exact) mass is 381 g/mol. The van der Waals surface area contributed by atoms with Crippen LogP contribution in [0.4, 0.5) is 4.39 Å². The second kappa shape index (κ2) is 7.43. The number of halogens is 1. The highest BCUT2D eigenvalue weighted by atomic mass is 32.2. The van der Waals surface area contributed by atoms with E-state index in [1.54, 1.807) is 47.6 Å². The zero-order valence-electron chi connectivity index (χ0n) is 14.1. The molecule has 4 aromatic rings. The van der Waals surface area contributed by atoms with Crippen LogP contribution in [0.2, 0.25) is 0 Å². The summed E-state index contributed by atoms with van der Waals surface area (Å²) in [5.74, 6) is 0.622. The van der Waals surface area contributed by atoms with E-state index >= 15 is 0 Å². The number of pyridine rings is 1. The third-order valence-electron chi connectivity index (χ3n) is 4.08. The van der Waals surface area contributed by atoms with Crippen LogP contribution in [0, 0.1) is 12.7 Å². The van der Waals surface area contributed by atoms with Crippen molar-refractivity contribution < 1.29 is 4.39 Å². The maximum absolute atomic E-state index is 13.3. The summed E-state index contributed by atoms with van der Waals surface area (Å²) >= 11 is 3.44. The van der Waals surface area contributed by atoms with E-state index in [9.17, 15) is 4.39 Å². The summed E-state index contributed by atoms with van der Waals surface area (Å²) < 4.78 is 13.3. The molecule has 0 unspecified atom stereocenters. The Morgan fingerprint density at radius 1 is 1.04 bits per heavy atom. The first-order chi connectivity index (χ1) is 12.7. The fraction of sp³-hybridized carbons (Fsp3) is 0.100. The molecule has 0 aliphatic carbocycles. The van der Waals surface area contributed by atoms with Gasteiger partial charge in [0.1, 0.15) is 5.82 Å². The Bertz CT molecular complexity index is 1010. The van der Waals surface area contributed by atoms with E-state index in [4.69, 9.17) is 4.98 Å². The van der Waals surface area contributed by atoms with Gasteiger partial charge in [0.05, 0.1) is 11.4 Å². The molecule has 0 aliphatic heterocycles. The minimum absolute atomic E-state index is 0.249. The van der Waals surface area contributed by atoms with Gasteiger partial charge in [-0.25, -0.2) is 9.37 Å². The third-order valence-corrected chi connectivity index (χ3v) is 6.18. The number of imidazole rings is 1. The molecule has 0 spiro atoms. The van der Waals surface area contributed by atoms with Gasteiger partial charge in [0.25, 0.3) is 0 Å². The molecule has 3 nitrogen and oxygen atoms in total. The molecule has 3 aromatic heterocycles. The summed E-state index contributed by atoms with van der Waals surface area (Å²) in [5.41, 5.74) is 4.94. The lowest BCUT2D eigenvalue weighted by molar-refractivity contribution is 0.628. The normalized spacial score (nSPS) is 11.0. The Morgan fingerprint density at radius 3 is 2.50 bits per heavy atom. The van der Waals surface area contributed by atoms with Crippen molar-refractivity contribution in [1.29, 1.82) is 0 Å². The van der Waals surface area contributed by atoms with Crippen molar-refractivity contribution in [3.8, 4) is 22.5 Å². The lowest BCUT2D eigenvalue weighted by atomic mass is 10.1. The van der Waals surface area contributed by atoms with Crippen LogP contribution in [0.25, 0.3) is 22.5 Å². The highest BCUT2D eigenvalue weighted by Crippen LogP contribution is 2.34. The Balaban J connectivity index is 1.70. The molecule has 0 bridgehead atoms. The van der Waals surface area contributed by atoms with Gasteiger partial charge < -0.3 is 4.98 Å². The summed E-state index contributed by atoms with van der Waals surface area (Å²) in [6.45, 7) is 2.13. The first-order valence-electron chi connectivity index (χ1n) is 8.13. The zero-order chi connectivity index (χ0) is 17.9. The first-order valence-corrected chi connectivity index (χ1v) is 9.99. The van der Waals surface area contributed by atoms with E-state index in [-0.39, 0.29) is 5.82 Å². The van der Waals surface area contributed by atoms with E-state index in [0.29, 0.717) is 0 Å². The molecule has 1 N–H and O–H groups in total. The van der Waals surface area contributed by atoms with Gasteiger partial charge in [0.15, 0.2) is 5.16 Å². The fourth-order valence-electron chi connectivity index (χ4n) is 2.65. The van der Waals surface area contributed by atoms with Gasteiger partial charge in [0.2, 0.25) is 0 Å². The number of aromatic amines is 1. The second-order valence-corrected chi connectivity index (χ2v) is 7.79. The van der Waals surface area contributed by atoms with Crippen LogP contribution in [0.15, 0.2) is 65.4 Å². The molecule has 1 aromatic carbocycles. The summed E-state index contributed by atoms with van der Waals surface area (Å²) in [5, 5.41) is 2.96. The summed E-state index contributed by atoms with van der Waals surface area (Å²) in [6.07, 6.45) is 3.50. The smallest absolute Gasteiger partial charge is 0.166 e.